The van der Waals surface area contributed by atoms with Crippen LogP contribution in [0.25, 0.3) is 16.9 Å². The number of nitrogens with zero attached hydrogens (tertiary/aromatic N) is 2. The third kappa shape index (κ3) is 2.62. The van der Waals surface area contributed by atoms with E-state index in [1.807, 2.05) is 36.4 Å². The second-order valence-corrected chi connectivity index (χ2v) is 4.85. The molecule has 0 aliphatic heterocycles. The number of nitrogens with one attached hydrogen (secondary N) is 1. The van der Waals surface area contributed by atoms with Crippen LogP contribution in [0, 0.1) is 0 Å². The molecule has 0 radical (unpaired) electrons. The van der Waals surface area contributed by atoms with E-state index < -0.39 is 0 Å². The Kier molecular flexibility index (Phi) is 3.88. The van der Waals surface area contributed by atoms with Crippen molar-refractivity contribution in [3.63, 3.8) is 0 Å². The molecule has 0 fully saturated rings. The molecule has 0 saturated heterocycles. The molecule has 0 atom stereocenters. The van der Waals surface area contributed by atoms with E-state index in [4.69, 9.17) is 9.72 Å². The van der Waals surface area contributed by atoms with Gasteiger partial charge in [-0.3, -0.25) is 4.40 Å². The van der Waals surface area contributed by atoms with E-state index in [9.17, 15) is 0 Å². The van der Waals surface area contributed by atoms with Crippen molar-refractivity contribution in [1.82, 2.24) is 14.7 Å². The van der Waals surface area contributed by atoms with Crippen molar-refractivity contribution < 1.29 is 4.74 Å². The average molecular weight is 281 g/mol. The molecule has 1 N–H and O–H groups in total. The van der Waals surface area contributed by atoms with Gasteiger partial charge in [-0.2, -0.15) is 0 Å². The van der Waals surface area contributed by atoms with Gasteiger partial charge in [-0.05, 0) is 42.9 Å². The fourth-order valence-electron chi connectivity index (χ4n) is 2.42. The van der Waals surface area contributed by atoms with Gasteiger partial charge in [0.15, 0.2) is 0 Å². The van der Waals surface area contributed by atoms with Gasteiger partial charge in [0.2, 0.25) is 0 Å². The summed E-state index contributed by atoms with van der Waals surface area (Å²) in [4.78, 5) is 4.81. The summed E-state index contributed by atoms with van der Waals surface area (Å²) in [7, 11) is 1.68. The van der Waals surface area contributed by atoms with Crippen LogP contribution in [0.4, 0.5) is 0 Å². The minimum absolute atomic E-state index is 0.778. The van der Waals surface area contributed by atoms with E-state index in [0.29, 0.717) is 0 Å². The number of imidazole rings is 1. The fourth-order valence-corrected chi connectivity index (χ4v) is 2.42. The summed E-state index contributed by atoms with van der Waals surface area (Å²) in [6.45, 7) is 3.81. The molecule has 1 aromatic carbocycles. The van der Waals surface area contributed by atoms with Crippen molar-refractivity contribution >= 4 is 5.52 Å². The summed E-state index contributed by atoms with van der Waals surface area (Å²) in [6.07, 6.45) is 2.05. The number of hydrogen-bond acceptors (Lipinski definition) is 3. The third-order valence-corrected chi connectivity index (χ3v) is 3.52. The van der Waals surface area contributed by atoms with Crippen molar-refractivity contribution in [3.05, 3.63) is 54.4 Å². The van der Waals surface area contributed by atoms with Crippen LogP contribution in [0.1, 0.15) is 12.6 Å². The van der Waals surface area contributed by atoms with Crippen molar-refractivity contribution in [2.75, 3.05) is 13.7 Å². The number of rotatable bonds is 5. The topological polar surface area (TPSA) is 38.6 Å². The van der Waals surface area contributed by atoms with E-state index in [1.54, 1.807) is 7.11 Å². The zero-order valence-electron chi connectivity index (χ0n) is 12.3. The largest absolute Gasteiger partial charge is 0.497 e. The van der Waals surface area contributed by atoms with Gasteiger partial charge in [-0.25, -0.2) is 4.98 Å². The number of benzene rings is 1. The van der Waals surface area contributed by atoms with Gasteiger partial charge in [-0.15, -0.1) is 0 Å². The number of methoxy groups -OCH3 is 1. The molecule has 2 heterocycles. The Morgan fingerprint density at radius 1 is 1.14 bits per heavy atom. The van der Waals surface area contributed by atoms with Crippen LogP contribution in [0.15, 0.2) is 48.7 Å². The molecule has 0 bridgehead atoms. The molecule has 108 valence electrons. The molecule has 4 heteroatoms. The number of pyridine rings is 1. The third-order valence-electron chi connectivity index (χ3n) is 3.52. The van der Waals surface area contributed by atoms with Gasteiger partial charge in [0, 0.05) is 18.3 Å². The SMILES string of the molecule is CCNCc1nc(-c2ccc(OC)cc2)n2ccccc12. The molecule has 3 aromatic rings. The highest BCUT2D eigenvalue weighted by Gasteiger charge is 2.11. The van der Waals surface area contributed by atoms with Crippen molar-refractivity contribution in [2.24, 2.45) is 0 Å². The average Bonchev–Trinajstić information content (AvgIpc) is 2.92. The zero-order valence-corrected chi connectivity index (χ0v) is 12.3. The highest BCUT2D eigenvalue weighted by molar-refractivity contribution is 5.66. The number of fused-ring (bicyclic) bond motifs is 1. The molecule has 21 heavy (non-hydrogen) atoms. The Hall–Kier alpha value is -2.33. The van der Waals surface area contributed by atoms with Crippen LogP contribution in [0.3, 0.4) is 0 Å². The molecule has 0 aliphatic rings. The van der Waals surface area contributed by atoms with Gasteiger partial charge in [-0.1, -0.05) is 13.0 Å². The summed E-state index contributed by atoms with van der Waals surface area (Å²) >= 11 is 0. The first-order valence-electron chi connectivity index (χ1n) is 7.14. The second kappa shape index (κ2) is 5.97. The van der Waals surface area contributed by atoms with Gasteiger partial charge in [0.05, 0.1) is 18.3 Å². The normalized spacial score (nSPS) is 11.0. The highest BCUT2D eigenvalue weighted by atomic mass is 16.5. The molecular weight excluding hydrogens is 262 g/mol. The van der Waals surface area contributed by atoms with Crippen LogP contribution in [0.2, 0.25) is 0 Å². The minimum atomic E-state index is 0.778. The van der Waals surface area contributed by atoms with Gasteiger partial charge < -0.3 is 10.1 Å². The fraction of sp³-hybridized carbons (Fsp3) is 0.235. The molecule has 0 aliphatic carbocycles. The monoisotopic (exact) mass is 281 g/mol. The summed E-state index contributed by atoms with van der Waals surface area (Å²) in [6, 6.07) is 14.2. The summed E-state index contributed by atoms with van der Waals surface area (Å²) in [5, 5.41) is 3.34. The Balaban J connectivity index is 2.08. The van der Waals surface area contributed by atoms with E-state index in [2.05, 4.69) is 28.9 Å². The summed E-state index contributed by atoms with van der Waals surface area (Å²) in [5.74, 6) is 1.81. The Morgan fingerprint density at radius 2 is 1.95 bits per heavy atom. The summed E-state index contributed by atoms with van der Waals surface area (Å²) in [5.41, 5.74) is 3.30. The molecular formula is C17H19N3O. The predicted molar refractivity (Wildman–Crippen MR) is 84.6 cm³/mol. The molecule has 4 nitrogen and oxygen atoms in total. The van der Waals surface area contributed by atoms with Gasteiger partial charge in [0.25, 0.3) is 0 Å². The lowest BCUT2D eigenvalue weighted by molar-refractivity contribution is 0.415. The maximum atomic E-state index is 5.21. The Labute approximate surface area is 124 Å². The predicted octanol–water partition coefficient (Wildman–Crippen LogP) is 3.12. The quantitative estimate of drug-likeness (QED) is 0.781. The van der Waals surface area contributed by atoms with Crippen LogP contribution in [-0.4, -0.2) is 23.0 Å². The first-order valence-corrected chi connectivity index (χ1v) is 7.14. The molecule has 0 saturated carbocycles. The van der Waals surface area contributed by atoms with Gasteiger partial charge in [0.1, 0.15) is 11.6 Å². The first kappa shape index (κ1) is 13.6. The first-order chi connectivity index (χ1) is 10.3. The van der Waals surface area contributed by atoms with Crippen molar-refractivity contribution in [1.29, 1.82) is 0 Å². The van der Waals surface area contributed by atoms with Crippen LogP contribution in [0.5, 0.6) is 5.75 Å². The maximum absolute atomic E-state index is 5.21. The number of aromatic nitrogens is 2. The lowest BCUT2D eigenvalue weighted by atomic mass is 10.2. The standard InChI is InChI=1S/C17H19N3O/c1-3-18-12-15-16-6-4-5-11-20(16)17(19-15)13-7-9-14(21-2)10-8-13/h4-11,18H,3,12H2,1-2H3. The zero-order chi connectivity index (χ0) is 14.7. The Bertz CT molecular complexity index is 731. The van der Waals surface area contributed by atoms with Crippen molar-refractivity contribution in [2.45, 2.75) is 13.5 Å². The van der Waals surface area contributed by atoms with Crippen molar-refractivity contribution in [3.8, 4) is 17.1 Å². The van der Waals surface area contributed by atoms with E-state index in [0.717, 1.165) is 41.4 Å². The minimum Gasteiger partial charge on any atom is -0.497 e. The van der Waals surface area contributed by atoms with Gasteiger partial charge >= 0.3 is 0 Å². The van der Waals surface area contributed by atoms with E-state index in [1.165, 1.54) is 0 Å². The molecule has 3 rings (SSSR count). The molecule has 2 aromatic heterocycles. The lowest BCUT2D eigenvalue weighted by Crippen LogP contribution is -2.12. The summed E-state index contributed by atoms with van der Waals surface area (Å²) < 4.78 is 7.35. The smallest absolute Gasteiger partial charge is 0.144 e. The van der Waals surface area contributed by atoms with Crippen LogP contribution < -0.4 is 10.1 Å². The maximum Gasteiger partial charge on any atom is 0.144 e. The second-order valence-electron chi connectivity index (χ2n) is 4.85. The molecule has 0 amide bonds. The van der Waals surface area contributed by atoms with E-state index >= 15 is 0 Å². The van der Waals surface area contributed by atoms with Crippen LogP contribution >= 0.6 is 0 Å². The van der Waals surface area contributed by atoms with E-state index in [-0.39, 0.29) is 0 Å². The number of hydrogen-bond donors (Lipinski definition) is 1. The van der Waals surface area contributed by atoms with Crippen LogP contribution in [-0.2, 0) is 6.54 Å². The Morgan fingerprint density at radius 3 is 2.67 bits per heavy atom. The number of ether oxygens (including phenoxy) is 1. The lowest BCUT2D eigenvalue weighted by Gasteiger charge is -2.03. The molecule has 0 spiro atoms. The molecule has 0 unspecified atom stereocenters. The highest BCUT2D eigenvalue weighted by Crippen LogP contribution is 2.24.